The molecular weight excluding hydrogens is 358 g/mol. The van der Waals surface area contributed by atoms with Crippen molar-refractivity contribution < 1.29 is 4.74 Å². The number of aromatic nitrogens is 2. The minimum atomic E-state index is -0.0331. The van der Waals surface area contributed by atoms with Crippen molar-refractivity contribution in [3.8, 4) is 11.4 Å². The number of ether oxygens (including phenoxy) is 1. The maximum Gasteiger partial charge on any atom is 0.159 e. The standard InChI is InChI=1S/C25H27N3O/c1-18-7-6-8-20(13-18)14-28-12-11-25(16-28)17-29-15-22-19(2)26-24(27-23(22)25)21-9-4-3-5-10-21/h3-10,13H,11-12,14-17H2,1-2H3. The van der Waals surface area contributed by atoms with Crippen LogP contribution in [-0.2, 0) is 23.3 Å². The van der Waals surface area contributed by atoms with Crippen LogP contribution in [-0.4, -0.2) is 34.6 Å². The van der Waals surface area contributed by atoms with Crippen LogP contribution in [0.25, 0.3) is 11.4 Å². The Morgan fingerprint density at radius 2 is 1.90 bits per heavy atom. The normalized spacial score (nSPS) is 21.4. The van der Waals surface area contributed by atoms with E-state index in [-0.39, 0.29) is 5.41 Å². The van der Waals surface area contributed by atoms with E-state index >= 15 is 0 Å². The highest BCUT2D eigenvalue weighted by molar-refractivity contribution is 5.56. The zero-order valence-corrected chi connectivity index (χ0v) is 17.2. The summed E-state index contributed by atoms with van der Waals surface area (Å²) in [4.78, 5) is 12.5. The molecule has 2 aromatic carbocycles. The molecule has 148 valence electrons. The fourth-order valence-corrected chi connectivity index (χ4v) is 4.81. The van der Waals surface area contributed by atoms with Crippen LogP contribution in [0.3, 0.4) is 0 Å². The van der Waals surface area contributed by atoms with E-state index in [1.165, 1.54) is 22.4 Å². The molecule has 1 fully saturated rings. The van der Waals surface area contributed by atoms with E-state index < -0.39 is 0 Å². The van der Waals surface area contributed by atoms with Gasteiger partial charge >= 0.3 is 0 Å². The lowest BCUT2D eigenvalue weighted by Crippen LogP contribution is -2.41. The maximum absolute atomic E-state index is 6.07. The summed E-state index contributed by atoms with van der Waals surface area (Å²) in [6, 6.07) is 19.1. The second kappa shape index (κ2) is 7.36. The van der Waals surface area contributed by atoms with Crippen LogP contribution >= 0.6 is 0 Å². The second-order valence-electron chi connectivity index (χ2n) is 8.55. The largest absolute Gasteiger partial charge is 0.376 e. The molecule has 5 rings (SSSR count). The Bertz CT molecular complexity index is 1030. The average Bonchev–Trinajstić information content (AvgIpc) is 3.12. The third kappa shape index (κ3) is 3.47. The van der Waals surface area contributed by atoms with Gasteiger partial charge in [-0.2, -0.15) is 0 Å². The van der Waals surface area contributed by atoms with E-state index in [9.17, 15) is 0 Å². The Morgan fingerprint density at radius 1 is 1.03 bits per heavy atom. The molecule has 0 bridgehead atoms. The van der Waals surface area contributed by atoms with Gasteiger partial charge in [-0.1, -0.05) is 60.2 Å². The van der Waals surface area contributed by atoms with Crippen LogP contribution in [0.1, 0.15) is 34.5 Å². The first-order valence-corrected chi connectivity index (χ1v) is 10.4. The molecule has 1 aromatic heterocycles. The van der Waals surface area contributed by atoms with Crippen molar-refractivity contribution in [1.82, 2.24) is 14.9 Å². The first kappa shape index (κ1) is 18.5. The van der Waals surface area contributed by atoms with Crippen LogP contribution in [0.5, 0.6) is 0 Å². The third-order valence-electron chi connectivity index (χ3n) is 6.29. The van der Waals surface area contributed by atoms with Gasteiger partial charge in [0.1, 0.15) is 0 Å². The van der Waals surface area contributed by atoms with Crippen molar-refractivity contribution in [1.29, 1.82) is 0 Å². The van der Waals surface area contributed by atoms with Crippen molar-refractivity contribution in [3.05, 3.63) is 82.7 Å². The van der Waals surface area contributed by atoms with Gasteiger partial charge in [0.15, 0.2) is 5.82 Å². The molecule has 2 aliphatic heterocycles. The van der Waals surface area contributed by atoms with E-state index in [1.807, 2.05) is 18.2 Å². The number of benzene rings is 2. The number of fused-ring (bicyclic) bond motifs is 2. The third-order valence-corrected chi connectivity index (χ3v) is 6.29. The van der Waals surface area contributed by atoms with Gasteiger partial charge in [0, 0.05) is 29.9 Å². The molecule has 0 radical (unpaired) electrons. The van der Waals surface area contributed by atoms with Gasteiger partial charge in [-0.3, -0.25) is 4.90 Å². The second-order valence-corrected chi connectivity index (χ2v) is 8.55. The van der Waals surface area contributed by atoms with Crippen molar-refractivity contribution in [2.24, 2.45) is 0 Å². The van der Waals surface area contributed by atoms with Gasteiger partial charge in [-0.15, -0.1) is 0 Å². The van der Waals surface area contributed by atoms with Crippen LogP contribution in [0.15, 0.2) is 54.6 Å². The molecule has 1 saturated heterocycles. The molecule has 1 spiro atoms. The van der Waals surface area contributed by atoms with Gasteiger partial charge in [-0.25, -0.2) is 9.97 Å². The monoisotopic (exact) mass is 385 g/mol. The molecule has 0 saturated carbocycles. The van der Waals surface area contributed by atoms with Gasteiger partial charge in [0.05, 0.1) is 24.3 Å². The van der Waals surface area contributed by atoms with E-state index in [2.05, 4.69) is 55.1 Å². The molecule has 3 aromatic rings. The Hall–Kier alpha value is -2.56. The predicted molar refractivity (Wildman–Crippen MR) is 115 cm³/mol. The lowest BCUT2D eigenvalue weighted by atomic mass is 9.80. The van der Waals surface area contributed by atoms with Gasteiger partial charge < -0.3 is 4.74 Å². The number of hydrogen-bond donors (Lipinski definition) is 0. The average molecular weight is 386 g/mol. The van der Waals surface area contributed by atoms with E-state index in [0.717, 1.165) is 49.7 Å². The Kier molecular flexibility index (Phi) is 4.69. The number of likely N-dealkylation sites (tertiary alicyclic amines) is 1. The lowest BCUT2D eigenvalue weighted by molar-refractivity contribution is 0.0498. The van der Waals surface area contributed by atoms with E-state index in [4.69, 9.17) is 14.7 Å². The van der Waals surface area contributed by atoms with Crippen molar-refractivity contribution in [3.63, 3.8) is 0 Å². The SMILES string of the molecule is Cc1cccc(CN2CCC3(COCc4c(C)nc(-c5ccccc5)nc43)C2)c1. The molecule has 0 aliphatic carbocycles. The smallest absolute Gasteiger partial charge is 0.159 e. The van der Waals surface area contributed by atoms with Crippen LogP contribution < -0.4 is 0 Å². The summed E-state index contributed by atoms with van der Waals surface area (Å²) in [5.74, 6) is 0.834. The molecule has 2 aliphatic rings. The summed E-state index contributed by atoms with van der Waals surface area (Å²) in [5.41, 5.74) is 7.19. The summed E-state index contributed by atoms with van der Waals surface area (Å²) in [6.45, 7) is 8.65. The molecule has 29 heavy (non-hydrogen) atoms. The number of nitrogens with zero attached hydrogens (tertiary/aromatic N) is 3. The summed E-state index contributed by atoms with van der Waals surface area (Å²) in [7, 11) is 0. The minimum Gasteiger partial charge on any atom is -0.376 e. The Balaban J connectivity index is 1.48. The minimum absolute atomic E-state index is 0.0331. The van der Waals surface area contributed by atoms with Crippen LogP contribution in [0.2, 0.25) is 0 Å². The molecular formula is C25H27N3O. The number of rotatable bonds is 3. The summed E-state index contributed by atoms with van der Waals surface area (Å²) in [6.07, 6.45) is 1.08. The highest BCUT2D eigenvalue weighted by atomic mass is 16.5. The van der Waals surface area contributed by atoms with Crippen molar-refractivity contribution >= 4 is 0 Å². The zero-order valence-electron chi connectivity index (χ0n) is 17.2. The molecule has 0 N–H and O–H groups in total. The fraction of sp³-hybridized carbons (Fsp3) is 0.360. The number of aryl methyl sites for hydroxylation is 2. The summed E-state index contributed by atoms with van der Waals surface area (Å²) >= 11 is 0. The predicted octanol–water partition coefficient (Wildman–Crippen LogP) is 4.43. The highest BCUT2D eigenvalue weighted by Gasteiger charge is 2.45. The zero-order chi connectivity index (χ0) is 19.8. The summed E-state index contributed by atoms with van der Waals surface area (Å²) < 4.78 is 6.07. The Morgan fingerprint density at radius 3 is 2.72 bits per heavy atom. The molecule has 1 atom stereocenters. The number of hydrogen-bond acceptors (Lipinski definition) is 4. The molecule has 1 unspecified atom stereocenters. The first-order chi connectivity index (χ1) is 14.1. The quantitative estimate of drug-likeness (QED) is 0.668. The van der Waals surface area contributed by atoms with Crippen LogP contribution in [0, 0.1) is 13.8 Å². The van der Waals surface area contributed by atoms with E-state index in [0.29, 0.717) is 6.61 Å². The topological polar surface area (TPSA) is 38.2 Å². The summed E-state index contributed by atoms with van der Waals surface area (Å²) in [5, 5.41) is 0. The van der Waals surface area contributed by atoms with Crippen molar-refractivity contribution in [2.75, 3.05) is 19.7 Å². The van der Waals surface area contributed by atoms with Gasteiger partial charge in [0.25, 0.3) is 0 Å². The molecule has 4 heteroatoms. The first-order valence-electron chi connectivity index (χ1n) is 10.4. The highest BCUT2D eigenvalue weighted by Crippen LogP contribution is 2.41. The Labute approximate surface area is 172 Å². The maximum atomic E-state index is 6.07. The van der Waals surface area contributed by atoms with Crippen LogP contribution in [0.4, 0.5) is 0 Å². The van der Waals surface area contributed by atoms with Gasteiger partial charge in [-0.05, 0) is 32.4 Å². The van der Waals surface area contributed by atoms with Crippen molar-refractivity contribution in [2.45, 2.75) is 38.8 Å². The fourth-order valence-electron chi connectivity index (χ4n) is 4.81. The molecule has 0 amide bonds. The molecule has 4 nitrogen and oxygen atoms in total. The molecule has 3 heterocycles. The lowest BCUT2D eigenvalue weighted by Gasteiger charge is -2.35. The van der Waals surface area contributed by atoms with Gasteiger partial charge in [0.2, 0.25) is 0 Å². The van der Waals surface area contributed by atoms with E-state index in [1.54, 1.807) is 0 Å².